The molecule has 4 nitrogen and oxygen atoms in total. The second kappa shape index (κ2) is 5.62. The molecule has 0 saturated heterocycles. The first-order valence-electron chi connectivity index (χ1n) is 5.12. The molecular formula is C10H17NO3. The van der Waals surface area contributed by atoms with Crippen molar-refractivity contribution in [1.29, 1.82) is 0 Å². The van der Waals surface area contributed by atoms with E-state index in [0.717, 1.165) is 38.5 Å². The average molecular weight is 199 g/mol. The van der Waals surface area contributed by atoms with Crippen molar-refractivity contribution in [3.63, 3.8) is 0 Å². The van der Waals surface area contributed by atoms with Crippen molar-refractivity contribution < 1.29 is 14.7 Å². The van der Waals surface area contributed by atoms with Gasteiger partial charge in [0.05, 0.1) is 5.71 Å². The first kappa shape index (κ1) is 11.0. The quantitative estimate of drug-likeness (QED) is 0.399. The standard InChI is InChI=1S/C10H17NO3/c1-8(12)14-10-7-5-3-2-4-6-9(10)11-13/h10,13H,2-7H2,1H3/b11-9-. The zero-order chi connectivity index (χ0) is 10.4. The normalized spacial score (nSPS) is 26.6. The highest BCUT2D eigenvalue weighted by atomic mass is 16.5. The third kappa shape index (κ3) is 3.36. The van der Waals surface area contributed by atoms with Gasteiger partial charge in [0.25, 0.3) is 0 Å². The predicted molar refractivity (Wildman–Crippen MR) is 52.5 cm³/mol. The molecule has 1 aliphatic carbocycles. The summed E-state index contributed by atoms with van der Waals surface area (Å²) in [5.74, 6) is -0.309. The van der Waals surface area contributed by atoms with E-state index < -0.39 is 0 Å². The number of esters is 1. The van der Waals surface area contributed by atoms with Gasteiger partial charge >= 0.3 is 5.97 Å². The smallest absolute Gasteiger partial charge is 0.303 e. The summed E-state index contributed by atoms with van der Waals surface area (Å²) in [7, 11) is 0. The Labute approximate surface area is 83.9 Å². The minimum atomic E-state index is -0.309. The predicted octanol–water partition coefficient (Wildman–Crippen LogP) is 2.10. The van der Waals surface area contributed by atoms with Crippen LogP contribution in [-0.4, -0.2) is 23.0 Å². The molecule has 1 atom stereocenters. The van der Waals surface area contributed by atoms with Gasteiger partial charge in [-0.2, -0.15) is 0 Å². The monoisotopic (exact) mass is 199 g/mol. The van der Waals surface area contributed by atoms with Gasteiger partial charge in [-0.05, 0) is 25.7 Å². The number of carbonyl (C=O) groups is 1. The van der Waals surface area contributed by atoms with E-state index in [2.05, 4.69) is 5.16 Å². The molecule has 1 N–H and O–H groups in total. The Hall–Kier alpha value is -1.06. The van der Waals surface area contributed by atoms with Crippen LogP contribution in [0.1, 0.15) is 45.4 Å². The first-order chi connectivity index (χ1) is 6.74. The van der Waals surface area contributed by atoms with Crippen LogP contribution in [0.15, 0.2) is 5.16 Å². The molecule has 1 saturated carbocycles. The number of carbonyl (C=O) groups excluding carboxylic acids is 1. The Balaban J connectivity index is 2.59. The van der Waals surface area contributed by atoms with Crippen LogP contribution in [0.4, 0.5) is 0 Å². The number of hydrogen-bond acceptors (Lipinski definition) is 4. The molecule has 4 heteroatoms. The molecule has 14 heavy (non-hydrogen) atoms. The first-order valence-corrected chi connectivity index (χ1v) is 5.12. The molecule has 0 aliphatic heterocycles. The maximum Gasteiger partial charge on any atom is 0.303 e. The lowest BCUT2D eigenvalue weighted by atomic mass is 9.97. The maximum absolute atomic E-state index is 10.8. The molecule has 0 aromatic rings. The molecule has 1 fully saturated rings. The number of nitrogens with zero attached hydrogens (tertiary/aromatic N) is 1. The van der Waals surface area contributed by atoms with E-state index in [9.17, 15) is 4.79 Å². The summed E-state index contributed by atoms with van der Waals surface area (Å²) >= 11 is 0. The Morgan fingerprint density at radius 1 is 1.43 bits per heavy atom. The summed E-state index contributed by atoms with van der Waals surface area (Å²) in [6, 6.07) is 0. The molecule has 0 bridgehead atoms. The van der Waals surface area contributed by atoms with Crippen LogP contribution >= 0.6 is 0 Å². The maximum atomic E-state index is 10.8. The molecule has 0 radical (unpaired) electrons. The lowest BCUT2D eigenvalue weighted by Gasteiger charge is -2.20. The fourth-order valence-electron chi connectivity index (χ4n) is 1.76. The second-order valence-electron chi connectivity index (χ2n) is 3.64. The second-order valence-corrected chi connectivity index (χ2v) is 3.64. The molecule has 80 valence electrons. The minimum absolute atomic E-state index is 0.308. The molecule has 0 amide bonds. The van der Waals surface area contributed by atoms with Crippen molar-refractivity contribution >= 4 is 11.7 Å². The highest BCUT2D eigenvalue weighted by Crippen LogP contribution is 2.18. The van der Waals surface area contributed by atoms with Crippen LogP contribution in [0.25, 0.3) is 0 Å². The van der Waals surface area contributed by atoms with Crippen LogP contribution in [0.5, 0.6) is 0 Å². The van der Waals surface area contributed by atoms with E-state index in [1.54, 1.807) is 0 Å². The van der Waals surface area contributed by atoms with Crippen molar-refractivity contribution in [2.45, 2.75) is 51.6 Å². The van der Waals surface area contributed by atoms with Crippen LogP contribution < -0.4 is 0 Å². The van der Waals surface area contributed by atoms with Gasteiger partial charge in [-0.25, -0.2) is 0 Å². The van der Waals surface area contributed by atoms with Crippen LogP contribution in [-0.2, 0) is 9.53 Å². The molecule has 0 aromatic heterocycles. The lowest BCUT2D eigenvalue weighted by molar-refractivity contribution is -0.143. The molecule has 1 rings (SSSR count). The summed E-state index contributed by atoms with van der Waals surface area (Å²) in [5, 5.41) is 12.0. The SMILES string of the molecule is CC(=O)OC1CCCCCC/C1=N/O. The number of hydrogen-bond donors (Lipinski definition) is 1. The third-order valence-corrected chi connectivity index (χ3v) is 2.46. The molecule has 0 heterocycles. The van der Waals surface area contributed by atoms with Crippen molar-refractivity contribution in [1.82, 2.24) is 0 Å². The van der Waals surface area contributed by atoms with Gasteiger partial charge in [-0.15, -0.1) is 0 Å². The van der Waals surface area contributed by atoms with Crippen LogP contribution in [0, 0.1) is 0 Å². The zero-order valence-corrected chi connectivity index (χ0v) is 8.53. The van der Waals surface area contributed by atoms with E-state index in [1.165, 1.54) is 6.92 Å². The Morgan fingerprint density at radius 3 is 2.79 bits per heavy atom. The van der Waals surface area contributed by atoms with E-state index in [0.29, 0.717) is 5.71 Å². The van der Waals surface area contributed by atoms with Crippen molar-refractivity contribution in [2.75, 3.05) is 0 Å². The minimum Gasteiger partial charge on any atom is -0.456 e. The zero-order valence-electron chi connectivity index (χ0n) is 8.53. The fraction of sp³-hybridized carbons (Fsp3) is 0.800. The molecular weight excluding hydrogens is 182 g/mol. The topological polar surface area (TPSA) is 58.9 Å². The number of rotatable bonds is 1. The summed E-state index contributed by atoms with van der Waals surface area (Å²) in [5.41, 5.74) is 0.611. The van der Waals surface area contributed by atoms with E-state index >= 15 is 0 Å². The summed E-state index contributed by atoms with van der Waals surface area (Å²) in [6.45, 7) is 1.38. The Kier molecular flexibility index (Phi) is 4.43. The van der Waals surface area contributed by atoms with Gasteiger partial charge in [0, 0.05) is 6.92 Å². The van der Waals surface area contributed by atoms with Crippen LogP contribution in [0.3, 0.4) is 0 Å². The highest BCUT2D eigenvalue weighted by molar-refractivity contribution is 5.89. The summed E-state index contributed by atoms with van der Waals surface area (Å²) < 4.78 is 5.10. The van der Waals surface area contributed by atoms with Gasteiger partial charge in [-0.1, -0.05) is 18.0 Å². The molecule has 0 spiro atoms. The highest BCUT2D eigenvalue weighted by Gasteiger charge is 2.20. The van der Waals surface area contributed by atoms with Crippen LogP contribution in [0.2, 0.25) is 0 Å². The van der Waals surface area contributed by atoms with Gasteiger partial charge in [0.15, 0.2) is 0 Å². The van der Waals surface area contributed by atoms with Crippen molar-refractivity contribution in [2.24, 2.45) is 5.16 Å². The molecule has 1 aliphatic rings. The molecule has 0 aromatic carbocycles. The van der Waals surface area contributed by atoms with Gasteiger partial charge in [0.2, 0.25) is 0 Å². The summed E-state index contributed by atoms with van der Waals surface area (Å²) in [4.78, 5) is 10.8. The third-order valence-electron chi connectivity index (χ3n) is 2.46. The largest absolute Gasteiger partial charge is 0.456 e. The molecule has 1 unspecified atom stereocenters. The van der Waals surface area contributed by atoms with Gasteiger partial charge < -0.3 is 9.94 Å². The van der Waals surface area contributed by atoms with E-state index in [1.807, 2.05) is 0 Å². The van der Waals surface area contributed by atoms with Crippen molar-refractivity contribution in [3.8, 4) is 0 Å². The summed E-state index contributed by atoms with van der Waals surface area (Å²) in [6.07, 6.45) is 5.56. The Morgan fingerprint density at radius 2 is 2.14 bits per heavy atom. The van der Waals surface area contributed by atoms with Gasteiger partial charge in [0.1, 0.15) is 6.10 Å². The number of ether oxygens (including phenoxy) is 1. The lowest BCUT2D eigenvalue weighted by Crippen LogP contribution is -2.27. The Bertz CT molecular complexity index is 225. The fourth-order valence-corrected chi connectivity index (χ4v) is 1.76. The van der Waals surface area contributed by atoms with E-state index in [4.69, 9.17) is 9.94 Å². The van der Waals surface area contributed by atoms with Gasteiger partial charge in [-0.3, -0.25) is 4.79 Å². The van der Waals surface area contributed by atoms with E-state index in [-0.39, 0.29) is 12.1 Å². The average Bonchev–Trinajstić information content (AvgIpc) is 2.10. The number of oxime groups is 1. The van der Waals surface area contributed by atoms with Crippen molar-refractivity contribution in [3.05, 3.63) is 0 Å².